The minimum absolute atomic E-state index is 0.228. The maximum absolute atomic E-state index is 10.8. The van der Waals surface area contributed by atoms with Crippen LogP contribution in [0.3, 0.4) is 0 Å². The molecule has 0 fully saturated rings. The monoisotopic (exact) mass is 652 g/mol. The lowest BCUT2D eigenvalue weighted by molar-refractivity contribution is -0.605. The second-order valence-electron chi connectivity index (χ2n) is 10.6. The van der Waals surface area contributed by atoms with Gasteiger partial charge in [-0.15, -0.1) is 0 Å². The van der Waals surface area contributed by atoms with Crippen LogP contribution in [0.15, 0.2) is 73.8 Å². The number of pyridine rings is 4. The highest BCUT2D eigenvalue weighted by molar-refractivity contribution is 6.36. The first-order valence-corrected chi connectivity index (χ1v) is 15.1. The topological polar surface area (TPSA) is 79.7 Å². The molecule has 4 aromatic rings. The average Bonchev–Trinajstić information content (AvgIpc) is 2.89. The highest BCUT2D eigenvalue weighted by Gasteiger charge is 2.13. The largest absolute Gasteiger partial charge is 0.619 e. The van der Waals surface area contributed by atoms with Crippen LogP contribution in [0.5, 0.6) is 0 Å². The first-order chi connectivity index (χ1) is 19.6. The van der Waals surface area contributed by atoms with Gasteiger partial charge < -0.3 is 10.4 Å². The van der Waals surface area contributed by atoms with Crippen molar-refractivity contribution in [2.24, 2.45) is 0 Å². The molecule has 4 aromatic heterocycles. The van der Waals surface area contributed by atoms with E-state index < -0.39 is 0 Å². The minimum Gasteiger partial charge on any atom is -0.619 e. The molecule has 4 heterocycles. The fraction of sp³-hybridized carbons (Fsp3) is 0.375. The molecule has 0 N–H and O–H groups in total. The van der Waals surface area contributed by atoms with E-state index in [1.807, 2.05) is 64.4 Å². The van der Waals surface area contributed by atoms with Crippen molar-refractivity contribution in [3.05, 3.63) is 127 Å². The zero-order chi connectivity index (χ0) is 32.0. The molecule has 0 saturated carbocycles. The van der Waals surface area contributed by atoms with Crippen LogP contribution in [0.25, 0.3) is 0 Å². The lowest BCUT2D eigenvalue weighted by atomic mass is 10.1. The number of nitrogens with zero attached hydrogens (tertiary/aromatic N) is 4. The van der Waals surface area contributed by atoms with E-state index in [4.69, 9.17) is 46.4 Å². The molecular formula is C32H40Cl4N4O2. The summed E-state index contributed by atoms with van der Waals surface area (Å²) in [5, 5.41) is 23.5. The zero-order valence-electron chi connectivity index (χ0n) is 25.4. The van der Waals surface area contributed by atoms with Crippen molar-refractivity contribution in [1.82, 2.24) is 9.97 Å². The van der Waals surface area contributed by atoms with Crippen molar-refractivity contribution in [2.75, 3.05) is 0 Å². The number of halogens is 4. The molecule has 4 rings (SSSR count). The Balaban J connectivity index is 0.000000281. The third-order valence-electron chi connectivity index (χ3n) is 5.91. The summed E-state index contributed by atoms with van der Waals surface area (Å²) in [7, 11) is 0. The molecule has 0 amide bonds. The van der Waals surface area contributed by atoms with Gasteiger partial charge in [0.05, 0.1) is 10.0 Å². The maximum Gasteiger partial charge on any atom is 0.199 e. The molecule has 6 nitrogen and oxygen atoms in total. The van der Waals surface area contributed by atoms with Crippen LogP contribution in [0.2, 0.25) is 20.1 Å². The average molecular weight is 655 g/mol. The quantitative estimate of drug-likeness (QED) is 0.162. The number of aromatic nitrogens is 4. The van der Waals surface area contributed by atoms with Crippen LogP contribution in [0.1, 0.15) is 101 Å². The summed E-state index contributed by atoms with van der Waals surface area (Å²) in [4.78, 5) is 7.79. The fourth-order valence-electron chi connectivity index (χ4n) is 3.60. The third-order valence-corrected chi connectivity index (χ3v) is 7.11. The molecule has 0 spiro atoms. The van der Waals surface area contributed by atoms with Crippen molar-refractivity contribution in [1.29, 1.82) is 0 Å². The van der Waals surface area contributed by atoms with E-state index in [2.05, 4.69) is 37.7 Å². The minimum atomic E-state index is 0.228. The molecule has 0 saturated heterocycles. The molecule has 0 radical (unpaired) electrons. The SMILES string of the molecule is CC(C)c1c(Cl)c[n+]([O-])cc1Cl.CC(C)c1c(Cl)cncc1Cl.CC(C)c1cc[n+]([O-])cc1.CC(C)c1ccncc1. The second kappa shape index (κ2) is 18.8. The Kier molecular flexibility index (Phi) is 16.7. The Hall–Kier alpha value is -2.64. The van der Waals surface area contributed by atoms with Gasteiger partial charge in [-0.1, -0.05) is 102 Å². The lowest BCUT2D eigenvalue weighted by Gasteiger charge is -2.08. The Bertz CT molecular complexity index is 1310. The fourth-order valence-corrected chi connectivity index (χ4v) is 5.28. The van der Waals surface area contributed by atoms with Crippen LogP contribution in [0, 0.1) is 10.4 Å². The van der Waals surface area contributed by atoms with E-state index in [1.165, 1.54) is 35.9 Å². The highest BCUT2D eigenvalue weighted by Crippen LogP contribution is 2.30. The van der Waals surface area contributed by atoms with Gasteiger partial charge in [0, 0.05) is 42.5 Å². The molecule has 0 aliphatic heterocycles. The summed E-state index contributed by atoms with van der Waals surface area (Å²) < 4.78 is 1.41. The van der Waals surface area contributed by atoms with Gasteiger partial charge >= 0.3 is 0 Å². The van der Waals surface area contributed by atoms with E-state index in [0.717, 1.165) is 15.9 Å². The molecule has 10 heteroatoms. The van der Waals surface area contributed by atoms with E-state index in [0.29, 0.717) is 42.6 Å². The summed E-state index contributed by atoms with van der Waals surface area (Å²) in [5.41, 5.74) is 4.35. The normalized spacial score (nSPS) is 10.5. The summed E-state index contributed by atoms with van der Waals surface area (Å²) in [6, 6.07) is 7.78. The molecule has 0 aliphatic rings. The molecule has 228 valence electrons. The van der Waals surface area contributed by atoms with Gasteiger partial charge in [0.1, 0.15) is 10.0 Å². The van der Waals surface area contributed by atoms with Crippen molar-refractivity contribution < 1.29 is 9.46 Å². The highest BCUT2D eigenvalue weighted by atomic mass is 35.5. The molecule has 0 unspecified atom stereocenters. The predicted molar refractivity (Wildman–Crippen MR) is 176 cm³/mol. The van der Waals surface area contributed by atoms with Gasteiger partial charge in [0.25, 0.3) is 0 Å². The molecule has 0 aliphatic carbocycles. The van der Waals surface area contributed by atoms with Crippen LogP contribution in [0.4, 0.5) is 0 Å². The Morgan fingerprint density at radius 1 is 0.524 bits per heavy atom. The van der Waals surface area contributed by atoms with Crippen LogP contribution >= 0.6 is 46.4 Å². The van der Waals surface area contributed by atoms with Gasteiger partial charge in [0.15, 0.2) is 24.8 Å². The standard InChI is InChI=1S/C8H9Cl2NO.C8H9Cl2N.C8H11NO.C8H11N/c1-5(2)8-6(9)3-11(12)4-7(8)10;1-5(2)8-6(9)3-11-4-7(8)10;1-7(2)8-3-5-9(10)6-4-8;1-7(2)8-3-5-9-6-4-8/h3-5H,1-2H3;3-5H,1-2H3;3-7H,1-2H3;3-7H,1-2H3. The van der Waals surface area contributed by atoms with Gasteiger partial charge in [-0.25, -0.2) is 0 Å². The molecule has 0 aromatic carbocycles. The number of rotatable bonds is 4. The Morgan fingerprint density at radius 3 is 1.24 bits per heavy atom. The number of hydrogen-bond acceptors (Lipinski definition) is 4. The Morgan fingerprint density at radius 2 is 0.905 bits per heavy atom. The van der Waals surface area contributed by atoms with Gasteiger partial charge in [-0.3, -0.25) is 9.97 Å². The third kappa shape index (κ3) is 13.1. The zero-order valence-corrected chi connectivity index (χ0v) is 28.4. The van der Waals surface area contributed by atoms with E-state index in [-0.39, 0.29) is 5.92 Å². The maximum atomic E-state index is 10.8. The van der Waals surface area contributed by atoms with Crippen molar-refractivity contribution in [3.63, 3.8) is 0 Å². The van der Waals surface area contributed by atoms with Crippen LogP contribution in [-0.2, 0) is 0 Å². The smallest absolute Gasteiger partial charge is 0.199 e. The van der Waals surface area contributed by atoms with Crippen molar-refractivity contribution >= 4 is 46.4 Å². The predicted octanol–water partition coefficient (Wildman–Crippen LogP) is 9.91. The molecule has 0 bridgehead atoms. The van der Waals surface area contributed by atoms with E-state index in [9.17, 15) is 10.4 Å². The molecule has 42 heavy (non-hydrogen) atoms. The molecular weight excluding hydrogens is 614 g/mol. The first-order valence-electron chi connectivity index (χ1n) is 13.6. The second-order valence-corrected chi connectivity index (χ2v) is 12.3. The number of hydrogen-bond donors (Lipinski definition) is 0. The first kappa shape index (κ1) is 37.4. The van der Waals surface area contributed by atoms with Crippen molar-refractivity contribution in [3.8, 4) is 0 Å². The Labute approximate surface area is 270 Å². The van der Waals surface area contributed by atoms with Crippen LogP contribution < -0.4 is 9.46 Å². The van der Waals surface area contributed by atoms with Gasteiger partial charge in [0.2, 0.25) is 0 Å². The van der Waals surface area contributed by atoms with Crippen molar-refractivity contribution in [2.45, 2.75) is 79.1 Å². The summed E-state index contributed by atoms with van der Waals surface area (Å²) in [6.45, 7) is 16.6. The van der Waals surface area contributed by atoms with E-state index in [1.54, 1.807) is 12.4 Å². The summed E-state index contributed by atoms with van der Waals surface area (Å²) in [5.74, 6) is 1.69. The van der Waals surface area contributed by atoms with Crippen LogP contribution in [-0.4, -0.2) is 9.97 Å². The lowest BCUT2D eigenvalue weighted by Crippen LogP contribution is -2.25. The summed E-state index contributed by atoms with van der Waals surface area (Å²) in [6.07, 6.45) is 12.5. The molecule has 0 atom stereocenters. The summed E-state index contributed by atoms with van der Waals surface area (Å²) >= 11 is 23.4. The van der Waals surface area contributed by atoms with Gasteiger partial charge in [-0.05, 0) is 52.5 Å². The van der Waals surface area contributed by atoms with Gasteiger partial charge in [-0.2, -0.15) is 9.46 Å². The van der Waals surface area contributed by atoms with E-state index >= 15 is 0 Å².